The van der Waals surface area contributed by atoms with E-state index < -0.39 is 0 Å². The Kier molecular flexibility index (Phi) is 4.98. The van der Waals surface area contributed by atoms with E-state index in [1.54, 1.807) is 0 Å². The van der Waals surface area contributed by atoms with Gasteiger partial charge in [0.1, 0.15) is 6.10 Å². The van der Waals surface area contributed by atoms with Crippen molar-refractivity contribution in [3.05, 3.63) is 11.6 Å². The zero-order valence-electron chi connectivity index (χ0n) is 16.9. The zero-order chi connectivity index (χ0) is 19.4. The van der Waals surface area contributed by atoms with Crippen molar-refractivity contribution in [2.24, 2.45) is 34.5 Å². The standard InChI is InChI=1S/C23H33ClO3/c1-14(25)27-16-8-10-22(2)15(12-16)4-5-17-18-6-7-20(21(26)13-24)23(18,3)11-9-19(17)22/h4,16-20H,5-13H2,1-3H3/t16-,17-,18-,19+,20+,22-,23-/m0/s1. The summed E-state index contributed by atoms with van der Waals surface area (Å²) in [6.45, 7) is 6.34. The van der Waals surface area contributed by atoms with Crippen molar-refractivity contribution >= 4 is 23.4 Å². The van der Waals surface area contributed by atoms with Gasteiger partial charge in [-0.15, -0.1) is 11.6 Å². The van der Waals surface area contributed by atoms with Crippen molar-refractivity contribution in [1.82, 2.24) is 0 Å². The molecule has 3 saturated carbocycles. The van der Waals surface area contributed by atoms with Crippen LogP contribution in [0, 0.1) is 34.5 Å². The summed E-state index contributed by atoms with van der Waals surface area (Å²) in [7, 11) is 0. The molecule has 0 aromatic carbocycles. The van der Waals surface area contributed by atoms with Gasteiger partial charge in [-0.2, -0.15) is 0 Å². The number of allylic oxidation sites excluding steroid dienone is 1. The SMILES string of the molecule is CC(=O)O[C@H]1CC[C@@]2(C)C(=CC[C@@H]3[C@H]2CC[C@]2(C)[C@@H](C(=O)CCl)CC[C@@H]32)C1. The lowest BCUT2D eigenvalue weighted by Gasteiger charge is -2.58. The number of rotatable bonds is 3. The summed E-state index contributed by atoms with van der Waals surface area (Å²) >= 11 is 5.93. The van der Waals surface area contributed by atoms with Gasteiger partial charge in [-0.05, 0) is 73.5 Å². The Hall–Kier alpha value is -0.830. The van der Waals surface area contributed by atoms with Gasteiger partial charge in [-0.25, -0.2) is 0 Å². The van der Waals surface area contributed by atoms with E-state index in [4.69, 9.17) is 16.3 Å². The molecule has 4 rings (SSSR count). The lowest BCUT2D eigenvalue weighted by Crippen LogP contribution is -2.51. The average molecular weight is 393 g/mol. The van der Waals surface area contributed by atoms with E-state index in [1.807, 2.05) is 0 Å². The van der Waals surface area contributed by atoms with Gasteiger partial charge in [-0.1, -0.05) is 25.5 Å². The molecule has 150 valence electrons. The molecule has 4 aliphatic rings. The molecule has 0 heterocycles. The third kappa shape index (κ3) is 2.99. The van der Waals surface area contributed by atoms with E-state index in [1.165, 1.54) is 25.3 Å². The molecule has 4 heteroatoms. The fourth-order valence-corrected chi connectivity index (χ4v) is 7.77. The summed E-state index contributed by atoms with van der Waals surface area (Å²) in [5.74, 6) is 2.48. The van der Waals surface area contributed by atoms with Gasteiger partial charge in [0.2, 0.25) is 0 Å². The number of fused-ring (bicyclic) bond motifs is 5. The number of hydrogen-bond acceptors (Lipinski definition) is 3. The molecule has 0 saturated heterocycles. The average Bonchev–Trinajstić information content (AvgIpc) is 2.98. The second kappa shape index (κ2) is 6.90. The largest absolute Gasteiger partial charge is 0.462 e. The second-order valence-electron chi connectivity index (χ2n) is 10.0. The van der Waals surface area contributed by atoms with E-state index in [0.29, 0.717) is 17.8 Å². The highest BCUT2D eigenvalue weighted by Gasteiger charge is 2.59. The Labute approximate surface area is 168 Å². The Bertz CT molecular complexity index is 671. The van der Waals surface area contributed by atoms with Gasteiger partial charge < -0.3 is 4.74 Å². The highest BCUT2D eigenvalue weighted by molar-refractivity contribution is 6.28. The van der Waals surface area contributed by atoms with Crippen LogP contribution >= 0.6 is 11.6 Å². The van der Waals surface area contributed by atoms with Crippen molar-refractivity contribution in [3.63, 3.8) is 0 Å². The number of ether oxygens (including phenoxy) is 1. The maximum atomic E-state index is 12.5. The minimum absolute atomic E-state index is 0.0597. The number of carbonyl (C=O) groups is 2. The summed E-state index contributed by atoms with van der Waals surface area (Å²) in [6, 6.07) is 0. The van der Waals surface area contributed by atoms with Crippen molar-refractivity contribution in [3.8, 4) is 0 Å². The summed E-state index contributed by atoms with van der Waals surface area (Å²) in [5, 5.41) is 0. The van der Waals surface area contributed by atoms with Crippen LogP contribution < -0.4 is 0 Å². The van der Waals surface area contributed by atoms with Crippen LogP contribution in [-0.4, -0.2) is 23.7 Å². The molecular formula is C23H33ClO3. The molecule has 0 N–H and O–H groups in total. The lowest BCUT2D eigenvalue weighted by atomic mass is 9.47. The molecule has 3 nitrogen and oxygen atoms in total. The van der Waals surface area contributed by atoms with E-state index in [0.717, 1.165) is 38.5 Å². The van der Waals surface area contributed by atoms with Gasteiger partial charge >= 0.3 is 5.97 Å². The van der Waals surface area contributed by atoms with Gasteiger partial charge in [-0.3, -0.25) is 9.59 Å². The number of alkyl halides is 1. The maximum Gasteiger partial charge on any atom is 0.302 e. The number of esters is 1. The van der Waals surface area contributed by atoms with Gasteiger partial charge in [0, 0.05) is 19.3 Å². The Morgan fingerprint density at radius 2 is 1.93 bits per heavy atom. The van der Waals surface area contributed by atoms with Crippen LogP contribution in [0.1, 0.15) is 72.1 Å². The molecule has 4 aliphatic carbocycles. The van der Waals surface area contributed by atoms with Crippen LogP contribution in [0.5, 0.6) is 0 Å². The predicted octanol–water partition coefficient (Wildman–Crippen LogP) is 5.31. The quantitative estimate of drug-likeness (QED) is 0.371. The minimum atomic E-state index is -0.160. The third-order valence-electron chi connectivity index (χ3n) is 8.91. The summed E-state index contributed by atoms with van der Waals surface area (Å²) in [5.41, 5.74) is 1.91. The number of hydrogen-bond donors (Lipinski definition) is 0. The highest BCUT2D eigenvalue weighted by atomic mass is 35.5. The minimum Gasteiger partial charge on any atom is -0.462 e. The molecule has 27 heavy (non-hydrogen) atoms. The highest BCUT2D eigenvalue weighted by Crippen LogP contribution is 2.66. The van der Waals surface area contributed by atoms with Crippen LogP contribution in [0.15, 0.2) is 11.6 Å². The fraction of sp³-hybridized carbons (Fsp3) is 0.826. The molecule has 0 amide bonds. The summed E-state index contributed by atoms with van der Waals surface area (Å²) < 4.78 is 5.53. The molecule has 0 radical (unpaired) electrons. The van der Waals surface area contributed by atoms with E-state index >= 15 is 0 Å². The topological polar surface area (TPSA) is 43.4 Å². The molecule has 0 aliphatic heterocycles. The first-order chi connectivity index (χ1) is 12.8. The molecular weight excluding hydrogens is 360 g/mol. The molecule has 0 unspecified atom stereocenters. The first kappa shape index (κ1) is 19.5. The van der Waals surface area contributed by atoms with Crippen molar-refractivity contribution in [2.75, 3.05) is 5.88 Å². The summed E-state index contributed by atoms with van der Waals surface area (Å²) in [4.78, 5) is 23.8. The number of Topliss-reactive ketones (excluding diaryl/α,β-unsaturated/α-hetero) is 1. The number of carbonyl (C=O) groups excluding carboxylic acids is 2. The second-order valence-corrected chi connectivity index (χ2v) is 10.3. The van der Waals surface area contributed by atoms with Crippen LogP contribution in [0.25, 0.3) is 0 Å². The van der Waals surface area contributed by atoms with Crippen LogP contribution in [0.4, 0.5) is 0 Å². The molecule has 3 fully saturated rings. The smallest absolute Gasteiger partial charge is 0.302 e. The van der Waals surface area contributed by atoms with Crippen LogP contribution in [-0.2, 0) is 14.3 Å². The van der Waals surface area contributed by atoms with Crippen LogP contribution in [0.3, 0.4) is 0 Å². The summed E-state index contributed by atoms with van der Waals surface area (Å²) in [6.07, 6.45) is 11.2. The first-order valence-corrected chi connectivity index (χ1v) is 11.3. The number of ketones is 1. The molecule has 0 spiro atoms. The van der Waals surface area contributed by atoms with Crippen LogP contribution in [0.2, 0.25) is 0 Å². The lowest BCUT2D eigenvalue weighted by molar-refractivity contribution is -0.149. The van der Waals surface area contributed by atoms with Gasteiger partial charge in [0.05, 0.1) is 5.88 Å². The maximum absolute atomic E-state index is 12.5. The van der Waals surface area contributed by atoms with E-state index in [2.05, 4.69) is 19.9 Å². The number of halogens is 1. The fourth-order valence-electron chi connectivity index (χ4n) is 7.58. The van der Waals surface area contributed by atoms with Gasteiger partial charge in [0.15, 0.2) is 5.78 Å². The van der Waals surface area contributed by atoms with Crippen molar-refractivity contribution in [2.45, 2.75) is 78.2 Å². The Morgan fingerprint density at radius 3 is 2.63 bits per heavy atom. The Morgan fingerprint density at radius 1 is 1.15 bits per heavy atom. The van der Waals surface area contributed by atoms with Gasteiger partial charge in [0.25, 0.3) is 0 Å². The molecule has 7 atom stereocenters. The normalized spacial score (nSPS) is 45.9. The van der Waals surface area contributed by atoms with E-state index in [-0.39, 0.29) is 40.5 Å². The first-order valence-electron chi connectivity index (χ1n) is 10.7. The molecule has 0 aromatic heterocycles. The molecule has 0 aromatic rings. The Balaban J connectivity index is 1.57. The monoisotopic (exact) mass is 392 g/mol. The predicted molar refractivity (Wildman–Crippen MR) is 106 cm³/mol. The van der Waals surface area contributed by atoms with Crippen molar-refractivity contribution < 1.29 is 14.3 Å². The third-order valence-corrected chi connectivity index (χ3v) is 9.18. The van der Waals surface area contributed by atoms with E-state index in [9.17, 15) is 9.59 Å². The van der Waals surface area contributed by atoms with Crippen molar-refractivity contribution in [1.29, 1.82) is 0 Å². The molecule has 0 bridgehead atoms. The zero-order valence-corrected chi connectivity index (χ0v) is 17.7.